The zero-order valence-corrected chi connectivity index (χ0v) is 57.3. The first kappa shape index (κ1) is 83.6. The number of aliphatic hydroxyl groups is 5. The van der Waals surface area contributed by atoms with E-state index < -0.39 is 67.4 Å². The Morgan fingerprint density at radius 3 is 1.22 bits per heavy atom. The van der Waals surface area contributed by atoms with Gasteiger partial charge in [0.15, 0.2) is 12.4 Å². The lowest BCUT2D eigenvalue weighted by Crippen LogP contribution is -2.61. The zero-order valence-electron chi connectivity index (χ0n) is 57.3. The molecular weight excluding hydrogens is 1110 g/mol. The second kappa shape index (κ2) is 64.7. The summed E-state index contributed by atoms with van der Waals surface area (Å²) in [4.78, 5) is 26.7. The van der Waals surface area contributed by atoms with Gasteiger partial charge in [-0.15, -0.1) is 0 Å². The molecule has 0 saturated carbocycles. The molecule has 8 unspecified atom stereocenters. The molecule has 1 aliphatic rings. The fourth-order valence-corrected chi connectivity index (χ4v) is 11.2. The summed E-state index contributed by atoms with van der Waals surface area (Å²) in [7, 11) is 0. The van der Waals surface area contributed by atoms with Crippen molar-refractivity contribution in [2.45, 2.75) is 372 Å². The molecule has 6 N–H and O–H groups in total. The minimum Gasteiger partial charge on any atom is -0.454 e. The van der Waals surface area contributed by atoms with Gasteiger partial charge in [0.25, 0.3) is 0 Å². The summed E-state index contributed by atoms with van der Waals surface area (Å²) < 4.78 is 17.7. The maximum Gasteiger partial charge on any atom is 0.306 e. The van der Waals surface area contributed by atoms with Crippen LogP contribution in [0.3, 0.4) is 0 Å². The van der Waals surface area contributed by atoms with Gasteiger partial charge in [-0.25, -0.2) is 0 Å². The molecule has 1 heterocycles. The molecule has 11 heteroatoms. The maximum absolute atomic E-state index is 13.5. The monoisotopic (exact) mass is 1250 g/mol. The van der Waals surface area contributed by atoms with Crippen LogP contribution in [0.2, 0.25) is 0 Å². The first-order valence-corrected chi connectivity index (χ1v) is 37.0. The fourth-order valence-electron chi connectivity index (χ4n) is 11.2. The van der Waals surface area contributed by atoms with Crippen molar-refractivity contribution in [3.05, 3.63) is 97.2 Å². The largest absolute Gasteiger partial charge is 0.454 e. The van der Waals surface area contributed by atoms with E-state index in [0.717, 1.165) is 103 Å². The van der Waals surface area contributed by atoms with Gasteiger partial charge < -0.3 is 45.1 Å². The first-order valence-electron chi connectivity index (χ1n) is 37.0. The maximum atomic E-state index is 13.5. The van der Waals surface area contributed by atoms with Crippen LogP contribution in [0, 0.1) is 0 Å². The van der Waals surface area contributed by atoms with Crippen molar-refractivity contribution in [1.82, 2.24) is 5.32 Å². The molecule has 0 spiro atoms. The Morgan fingerprint density at radius 1 is 0.449 bits per heavy atom. The molecule has 1 amide bonds. The molecule has 0 aromatic heterocycles. The van der Waals surface area contributed by atoms with Crippen molar-refractivity contribution < 1.29 is 49.3 Å². The number of carbonyl (C=O) groups is 2. The summed E-state index contributed by atoms with van der Waals surface area (Å²) in [5, 5.41) is 57.2. The lowest BCUT2D eigenvalue weighted by Gasteiger charge is -2.41. The van der Waals surface area contributed by atoms with Crippen LogP contribution in [-0.2, 0) is 23.8 Å². The predicted molar refractivity (Wildman–Crippen MR) is 375 cm³/mol. The molecular formula is C78H137NO10. The van der Waals surface area contributed by atoms with Crippen molar-refractivity contribution in [2.24, 2.45) is 0 Å². The summed E-state index contributed by atoms with van der Waals surface area (Å²) in [6.45, 7) is 5.68. The van der Waals surface area contributed by atoms with Gasteiger partial charge in [-0.2, -0.15) is 0 Å². The highest BCUT2D eigenvalue weighted by Crippen LogP contribution is 2.26. The molecule has 89 heavy (non-hydrogen) atoms. The smallest absolute Gasteiger partial charge is 0.306 e. The standard InChI is InChI=1S/C78H137NO10/c1-4-7-10-13-16-19-22-24-26-28-30-32-34-35-36-37-38-40-42-44-46-48-51-54-57-60-63-66-73(83)89-76-75(85)74(84)72(67-80)88-78(76)87-68-69(70(81)64-61-58-55-52-49-21-18-15-12-9-6-3)79-77(86)71(82)65-62-59-56-53-50-47-45-43-41-39-33-31-29-27-25-23-20-17-14-11-8-5-2/h8,11,17,20,24-27,31,33,41,43,47,50,61,64,69-72,74-76,78,80-82,84-85H,4-7,9-10,12-16,18-19,21-23,28-30,32,34-40,42,44-46,48-49,51-60,62-63,65-68H2,1-3H3,(H,79,86)/b11-8-,20-17-,26-24+,27-25-,33-31-,43-41-,50-47-,64-61+. The number of nitrogens with one attached hydrogen (secondary N) is 1. The second-order valence-electron chi connectivity index (χ2n) is 25.3. The summed E-state index contributed by atoms with van der Waals surface area (Å²) in [6, 6.07) is -1.04. The van der Waals surface area contributed by atoms with E-state index in [-0.39, 0.29) is 19.4 Å². The third kappa shape index (κ3) is 51.7. The molecule has 0 aromatic carbocycles. The van der Waals surface area contributed by atoms with Gasteiger partial charge in [0.1, 0.15) is 24.4 Å². The average molecular weight is 1250 g/mol. The molecule has 1 aliphatic heterocycles. The second-order valence-corrected chi connectivity index (χ2v) is 25.3. The normalized spacial score (nSPS) is 18.7. The van der Waals surface area contributed by atoms with E-state index in [1.54, 1.807) is 6.08 Å². The number of aliphatic hydroxyl groups excluding tert-OH is 5. The van der Waals surface area contributed by atoms with Gasteiger partial charge in [0, 0.05) is 6.42 Å². The third-order valence-electron chi connectivity index (χ3n) is 17.0. The van der Waals surface area contributed by atoms with Crippen molar-refractivity contribution in [2.75, 3.05) is 13.2 Å². The zero-order chi connectivity index (χ0) is 64.6. The number of hydrogen-bond acceptors (Lipinski definition) is 10. The number of esters is 1. The molecule has 1 saturated heterocycles. The number of carbonyl (C=O) groups excluding carboxylic acids is 2. The molecule has 1 fully saturated rings. The summed E-state index contributed by atoms with van der Waals surface area (Å²) in [5.41, 5.74) is 0. The Balaban J connectivity index is 2.54. The van der Waals surface area contributed by atoms with Crippen molar-refractivity contribution in [3.8, 4) is 0 Å². The Morgan fingerprint density at radius 2 is 0.809 bits per heavy atom. The van der Waals surface area contributed by atoms with Crippen LogP contribution in [-0.4, -0.2) is 99.6 Å². The minimum atomic E-state index is -1.62. The summed E-state index contributed by atoms with van der Waals surface area (Å²) in [6.07, 6.45) is 77.5. The summed E-state index contributed by atoms with van der Waals surface area (Å²) >= 11 is 0. The van der Waals surface area contributed by atoms with Crippen LogP contribution in [0.4, 0.5) is 0 Å². The Bertz CT molecular complexity index is 1820. The lowest BCUT2D eigenvalue weighted by atomic mass is 9.99. The lowest BCUT2D eigenvalue weighted by molar-refractivity contribution is -0.305. The SMILES string of the molecule is CC/C=C\C/C=C\C/C=C\C/C=C\C/C=C\C/C=C\CCCCCC(O)C(=O)NC(COC1OC(CO)C(O)C(O)C1OC(=O)CCCCCCCCCCCCCCCCCCC/C=C/CCCCCCCC)C(O)/C=C/CCCCCCCCCCC. The molecule has 0 aliphatic carbocycles. The van der Waals surface area contributed by atoms with Crippen LogP contribution in [0.5, 0.6) is 0 Å². The predicted octanol–water partition coefficient (Wildman–Crippen LogP) is 19.4. The van der Waals surface area contributed by atoms with Crippen LogP contribution >= 0.6 is 0 Å². The molecule has 0 bridgehead atoms. The molecule has 0 aromatic rings. The summed E-state index contributed by atoms with van der Waals surface area (Å²) in [5.74, 6) is -1.22. The number of unbranched alkanes of at least 4 members (excludes halogenated alkanes) is 35. The highest BCUT2D eigenvalue weighted by Gasteiger charge is 2.47. The van der Waals surface area contributed by atoms with Gasteiger partial charge in [-0.05, 0) is 103 Å². The van der Waals surface area contributed by atoms with Crippen molar-refractivity contribution in [3.63, 3.8) is 0 Å². The third-order valence-corrected chi connectivity index (χ3v) is 17.0. The van der Waals surface area contributed by atoms with Gasteiger partial charge in [0.2, 0.25) is 5.91 Å². The van der Waals surface area contributed by atoms with E-state index in [2.05, 4.69) is 111 Å². The average Bonchev–Trinajstić information content (AvgIpc) is 2.36. The van der Waals surface area contributed by atoms with E-state index in [1.165, 1.54) is 173 Å². The topological polar surface area (TPSA) is 175 Å². The van der Waals surface area contributed by atoms with E-state index in [1.807, 2.05) is 6.08 Å². The van der Waals surface area contributed by atoms with Crippen molar-refractivity contribution >= 4 is 11.9 Å². The van der Waals surface area contributed by atoms with Gasteiger partial charge in [-0.3, -0.25) is 9.59 Å². The van der Waals surface area contributed by atoms with Crippen LogP contribution in [0.25, 0.3) is 0 Å². The van der Waals surface area contributed by atoms with Gasteiger partial charge >= 0.3 is 5.97 Å². The number of amides is 1. The molecule has 514 valence electrons. The van der Waals surface area contributed by atoms with E-state index >= 15 is 0 Å². The first-order chi connectivity index (χ1) is 43.7. The number of hydrogen-bond donors (Lipinski definition) is 6. The van der Waals surface area contributed by atoms with Gasteiger partial charge in [-0.1, -0.05) is 311 Å². The highest BCUT2D eigenvalue weighted by atomic mass is 16.7. The van der Waals surface area contributed by atoms with Crippen LogP contribution < -0.4 is 5.32 Å². The molecule has 1 rings (SSSR count). The fraction of sp³-hybridized carbons (Fsp3) is 0.769. The van der Waals surface area contributed by atoms with E-state index in [0.29, 0.717) is 12.8 Å². The Hall–Kier alpha value is -3.42. The molecule has 0 radical (unpaired) electrons. The highest BCUT2D eigenvalue weighted by molar-refractivity contribution is 5.80. The van der Waals surface area contributed by atoms with E-state index in [9.17, 15) is 35.1 Å². The van der Waals surface area contributed by atoms with Crippen molar-refractivity contribution in [1.29, 1.82) is 0 Å². The number of ether oxygens (including phenoxy) is 3. The quantitative estimate of drug-likeness (QED) is 0.0195. The van der Waals surface area contributed by atoms with E-state index in [4.69, 9.17) is 14.2 Å². The van der Waals surface area contributed by atoms with Gasteiger partial charge in [0.05, 0.1) is 25.4 Å². The van der Waals surface area contributed by atoms with Crippen LogP contribution in [0.1, 0.15) is 323 Å². The van der Waals surface area contributed by atoms with Crippen LogP contribution in [0.15, 0.2) is 97.2 Å². The molecule has 11 nitrogen and oxygen atoms in total. The minimum absolute atomic E-state index is 0.119. The molecule has 8 atom stereocenters. The Labute approximate surface area is 546 Å². The number of rotatable bonds is 63. The Kier molecular flexibility index (Phi) is 60.7. The number of allylic oxidation sites excluding steroid dienone is 15.